The lowest BCUT2D eigenvalue weighted by atomic mass is 10.1. The minimum absolute atomic E-state index is 0.485. The zero-order chi connectivity index (χ0) is 8.69. The maximum Gasteiger partial charge on any atom is 0.0612 e. The third-order valence-corrected chi connectivity index (χ3v) is 1.17. The summed E-state index contributed by atoms with van der Waals surface area (Å²) in [7, 11) is 4.50. The van der Waals surface area contributed by atoms with Crippen molar-refractivity contribution in [3.63, 3.8) is 0 Å². The van der Waals surface area contributed by atoms with Crippen LogP contribution in [0, 0.1) is 0 Å². The second-order valence-corrected chi connectivity index (χ2v) is 2.28. The molecule has 1 aromatic rings. The highest BCUT2D eigenvalue weighted by atomic mass is 14.8. The Labute approximate surface area is 69.5 Å². The molecule has 0 spiro atoms. The van der Waals surface area contributed by atoms with Crippen LogP contribution in [0.4, 0.5) is 0 Å². The quantitative estimate of drug-likeness (QED) is 0.567. The number of hydrogen-bond donors (Lipinski definition) is 0. The van der Waals surface area contributed by atoms with Gasteiger partial charge in [0.1, 0.15) is 0 Å². The Kier molecular flexibility index (Phi) is 5.44. The molecule has 3 heteroatoms. The second-order valence-electron chi connectivity index (χ2n) is 2.28. The Bertz CT molecular complexity index is 175. The molecule has 0 unspecified atom stereocenters. The summed E-state index contributed by atoms with van der Waals surface area (Å²) in [6.45, 7) is 5.70. The molecule has 0 atom stereocenters. The highest BCUT2D eigenvalue weighted by molar-refractivity contribution is 6.05. The second kappa shape index (κ2) is 5.89. The van der Waals surface area contributed by atoms with Gasteiger partial charge in [0.25, 0.3) is 0 Å². The predicted molar refractivity (Wildman–Crippen MR) is 47.7 cm³/mol. The van der Waals surface area contributed by atoms with Crippen molar-refractivity contribution in [1.29, 1.82) is 0 Å². The third kappa shape index (κ3) is 3.76. The summed E-state index contributed by atoms with van der Waals surface area (Å²) in [6.07, 6.45) is 5.20. The molecule has 1 aromatic heterocycles. The zero-order valence-corrected chi connectivity index (χ0v) is 7.28. The van der Waals surface area contributed by atoms with Crippen molar-refractivity contribution in [2.45, 2.75) is 26.6 Å². The van der Waals surface area contributed by atoms with Crippen molar-refractivity contribution < 1.29 is 0 Å². The molecule has 0 aliphatic rings. The monoisotopic (exact) mass is 148 g/mol. The molecule has 11 heavy (non-hydrogen) atoms. The van der Waals surface area contributed by atoms with E-state index in [-0.39, 0.29) is 0 Å². The lowest BCUT2D eigenvalue weighted by Crippen LogP contribution is -1.91. The lowest BCUT2D eigenvalue weighted by molar-refractivity contribution is 0.812. The van der Waals surface area contributed by atoms with Crippen molar-refractivity contribution in [1.82, 2.24) is 9.97 Å². The van der Waals surface area contributed by atoms with E-state index in [0.29, 0.717) is 5.92 Å². The molecular weight excluding hydrogens is 135 g/mol. The largest absolute Gasteiger partial charge is 0.261 e. The summed E-state index contributed by atoms with van der Waals surface area (Å²) in [4.78, 5) is 8.06. The fraction of sp³-hybridized carbons (Fsp3) is 0.500. The summed E-state index contributed by atoms with van der Waals surface area (Å²) in [5.74, 6) is 0.485. The first-order chi connectivity index (χ1) is 5.30. The SMILES string of the molecule is CC(C)c1cnccn1.[B]C. The summed E-state index contributed by atoms with van der Waals surface area (Å²) >= 11 is 0. The van der Waals surface area contributed by atoms with Gasteiger partial charge in [-0.3, -0.25) is 9.97 Å². The van der Waals surface area contributed by atoms with Gasteiger partial charge in [-0.25, -0.2) is 0 Å². The van der Waals surface area contributed by atoms with E-state index in [1.165, 1.54) is 6.82 Å². The van der Waals surface area contributed by atoms with E-state index >= 15 is 0 Å². The fourth-order valence-electron chi connectivity index (χ4n) is 0.609. The first kappa shape index (κ1) is 10.1. The number of aromatic nitrogens is 2. The van der Waals surface area contributed by atoms with E-state index in [0.717, 1.165) is 5.69 Å². The van der Waals surface area contributed by atoms with Crippen molar-refractivity contribution >= 4 is 7.85 Å². The molecule has 2 radical (unpaired) electrons. The molecule has 2 nitrogen and oxygen atoms in total. The van der Waals surface area contributed by atoms with E-state index in [1.807, 2.05) is 0 Å². The number of nitrogens with zero attached hydrogens (tertiary/aromatic N) is 2. The summed E-state index contributed by atoms with van der Waals surface area (Å²) < 4.78 is 0. The molecule has 0 N–H and O–H groups in total. The van der Waals surface area contributed by atoms with E-state index in [1.54, 1.807) is 18.6 Å². The Morgan fingerprint density at radius 1 is 1.27 bits per heavy atom. The molecule has 1 heterocycles. The van der Waals surface area contributed by atoms with Gasteiger partial charge in [-0.15, -0.1) is 0 Å². The Balaban J connectivity index is 0.000000461. The maximum atomic E-state index is 4.50. The molecule has 58 valence electrons. The van der Waals surface area contributed by atoms with Crippen LogP contribution < -0.4 is 0 Å². The Hall–Kier alpha value is -0.855. The van der Waals surface area contributed by atoms with Crippen molar-refractivity contribution in [3.8, 4) is 0 Å². The standard InChI is InChI=1S/C7H10N2.CH3B/c1-6(2)7-5-8-3-4-9-7;1-2/h3-6H,1-2H3;1H3. The summed E-state index contributed by atoms with van der Waals surface area (Å²) in [5, 5.41) is 0. The van der Waals surface area contributed by atoms with E-state index < -0.39 is 0 Å². The predicted octanol–water partition coefficient (Wildman–Crippen LogP) is 1.80. The number of hydrogen-bond acceptors (Lipinski definition) is 2. The minimum Gasteiger partial charge on any atom is -0.261 e. The molecule has 0 saturated heterocycles. The summed E-state index contributed by atoms with van der Waals surface area (Å²) in [6, 6.07) is 0. The van der Waals surface area contributed by atoms with Crippen LogP contribution in [0.5, 0.6) is 0 Å². The van der Waals surface area contributed by atoms with Gasteiger partial charge in [-0.05, 0) is 5.92 Å². The van der Waals surface area contributed by atoms with Crippen LogP contribution in [-0.4, -0.2) is 17.8 Å². The van der Waals surface area contributed by atoms with Crippen LogP contribution in [0.25, 0.3) is 0 Å². The van der Waals surface area contributed by atoms with Gasteiger partial charge in [-0.2, -0.15) is 0 Å². The van der Waals surface area contributed by atoms with Crippen LogP contribution >= 0.6 is 0 Å². The van der Waals surface area contributed by atoms with Gasteiger partial charge in [0.05, 0.1) is 13.5 Å². The van der Waals surface area contributed by atoms with Gasteiger partial charge in [0, 0.05) is 18.6 Å². The Morgan fingerprint density at radius 2 is 1.91 bits per heavy atom. The zero-order valence-electron chi connectivity index (χ0n) is 7.28. The van der Waals surface area contributed by atoms with Crippen molar-refractivity contribution in [3.05, 3.63) is 24.3 Å². The van der Waals surface area contributed by atoms with Crippen LogP contribution in [0.3, 0.4) is 0 Å². The Morgan fingerprint density at radius 3 is 2.18 bits per heavy atom. The highest BCUT2D eigenvalue weighted by Crippen LogP contribution is 2.06. The average molecular weight is 148 g/mol. The third-order valence-electron chi connectivity index (χ3n) is 1.17. The van der Waals surface area contributed by atoms with E-state index in [2.05, 4.69) is 31.7 Å². The van der Waals surface area contributed by atoms with Gasteiger partial charge < -0.3 is 0 Å². The highest BCUT2D eigenvalue weighted by Gasteiger charge is 1.96. The van der Waals surface area contributed by atoms with Crippen molar-refractivity contribution in [2.24, 2.45) is 0 Å². The first-order valence-corrected chi connectivity index (χ1v) is 3.64. The summed E-state index contributed by atoms with van der Waals surface area (Å²) in [5.41, 5.74) is 1.05. The number of rotatable bonds is 1. The van der Waals surface area contributed by atoms with Gasteiger partial charge in [-0.1, -0.05) is 20.7 Å². The van der Waals surface area contributed by atoms with Crippen molar-refractivity contribution in [2.75, 3.05) is 0 Å². The lowest BCUT2D eigenvalue weighted by Gasteiger charge is -1.99. The molecule has 0 saturated carbocycles. The molecule has 0 amide bonds. The molecular formula is C8H13BN2. The van der Waals surface area contributed by atoms with Gasteiger partial charge in [0.2, 0.25) is 0 Å². The van der Waals surface area contributed by atoms with Crippen LogP contribution in [0.2, 0.25) is 6.82 Å². The normalized spacial score (nSPS) is 8.73. The molecule has 0 fully saturated rings. The average Bonchev–Trinajstić information content (AvgIpc) is 2.10. The minimum atomic E-state index is 0.485. The maximum absolute atomic E-state index is 4.50. The molecule has 0 aromatic carbocycles. The molecule has 1 rings (SSSR count). The van der Waals surface area contributed by atoms with Crippen LogP contribution in [0.1, 0.15) is 25.5 Å². The van der Waals surface area contributed by atoms with Gasteiger partial charge >= 0.3 is 0 Å². The molecule has 0 aliphatic heterocycles. The first-order valence-electron chi connectivity index (χ1n) is 3.64. The fourth-order valence-corrected chi connectivity index (χ4v) is 0.609. The van der Waals surface area contributed by atoms with E-state index in [9.17, 15) is 0 Å². The van der Waals surface area contributed by atoms with Crippen LogP contribution in [-0.2, 0) is 0 Å². The van der Waals surface area contributed by atoms with Crippen LogP contribution in [0.15, 0.2) is 18.6 Å². The van der Waals surface area contributed by atoms with E-state index in [4.69, 9.17) is 0 Å². The topological polar surface area (TPSA) is 25.8 Å². The van der Waals surface area contributed by atoms with Gasteiger partial charge in [0.15, 0.2) is 0 Å². The molecule has 0 aliphatic carbocycles. The molecule has 0 bridgehead atoms. The smallest absolute Gasteiger partial charge is 0.0612 e.